The molecule has 2 aliphatic rings. The summed E-state index contributed by atoms with van der Waals surface area (Å²) in [4.78, 5) is 21.5. The Hall–Kier alpha value is -2.13. The molecule has 4 rings (SSSR count). The molecule has 0 N–H and O–H groups in total. The van der Waals surface area contributed by atoms with E-state index in [-0.39, 0.29) is 11.7 Å². The summed E-state index contributed by atoms with van der Waals surface area (Å²) in [5.74, 6) is 1.13. The topological polar surface area (TPSA) is 73.8 Å². The molecule has 2 fully saturated rings. The Labute approximate surface area is 169 Å². The van der Waals surface area contributed by atoms with E-state index in [0.717, 1.165) is 30.0 Å². The highest BCUT2D eigenvalue weighted by atomic mass is 32.2. The van der Waals surface area contributed by atoms with Crippen LogP contribution in [0.2, 0.25) is 0 Å². The number of carbonyl (C=O) groups excluding carboxylic acids is 1. The van der Waals surface area contributed by atoms with Gasteiger partial charge in [-0.1, -0.05) is 6.07 Å². The van der Waals surface area contributed by atoms with Crippen molar-refractivity contribution < 1.29 is 13.2 Å². The van der Waals surface area contributed by atoms with Crippen LogP contribution in [0.15, 0.2) is 23.7 Å². The second-order valence-electron chi connectivity index (χ2n) is 7.35. The highest BCUT2D eigenvalue weighted by Gasteiger charge is 2.31. The van der Waals surface area contributed by atoms with Gasteiger partial charge in [-0.3, -0.25) is 9.10 Å². The number of aryl methyl sites for hydroxylation is 2. The fourth-order valence-corrected chi connectivity index (χ4v) is 6.54. The van der Waals surface area contributed by atoms with Crippen molar-refractivity contribution in [1.29, 1.82) is 0 Å². The van der Waals surface area contributed by atoms with Crippen molar-refractivity contribution in [3.05, 3.63) is 40.4 Å². The van der Waals surface area contributed by atoms with Crippen LogP contribution < -0.4 is 9.21 Å². The Balaban J connectivity index is 1.42. The summed E-state index contributed by atoms with van der Waals surface area (Å²) in [6.45, 7) is 7.31. The van der Waals surface area contributed by atoms with Gasteiger partial charge in [0.1, 0.15) is 10.8 Å². The van der Waals surface area contributed by atoms with Gasteiger partial charge < -0.3 is 9.80 Å². The van der Waals surface area contributed by atoms with Crippen molar-refractivity contribution in [2.24, 2.45) is 0 Å². The van der Waals surface area contributed by atoms with Gasteiger partial charge in [0.2, 0.25) is 10.0 Å². The van der Waals surface area contributed by atoms with Crippen LogP contribution in [0.25, 0.3) is 0 Å². The van der Waals surface area contributed by atoms with Crippen molar-refractivity contribution in [2.75, 3.05) is 47.7 Å². The van der Waals surface area contributed by atoms with Crippen molar-refractivity contribution in [3.8, 4) is 0 Å². The van der Waals surface area contributed by atoms with Gasteiger partial charge in [0, 0.05) is 44.3 Å². The molecule has 150 valence electrons. The monoisotopic (exact) mass is 420 g/mol. The van der Waals surface area contributed by atoms with E-state index in [1.54, 1.807) is 11.4 Å². The Morgan fingerprint density at radius 2 is 1.86 bits per heavy atom. The summed E-state index contributed by atoms with van der Waals surface area (Å²) in [6.07, 6.45) is 2.51. The maximum atomic E-state index is 12.9. The predicted octanol–water partition coefficient (Wildman–Crippen LogP) is 2.26. The smallest absolute Gasteiger partial charge is 0.254 e. The van der Waals surface area contributed by atoms with Crippen molar-refractivity contribution >= 4 is 38.1 Å². The molecule has 2 aliphatic heterocycles. The van der Waals surface area contributed by atoms with Crippen molar-refractivity contribution in [1.82, 2.24) is 9.88 Å². The van der Waals surface area contributed by atoms with E-state index in [0.29, 0.717) is 36.6 Å². The minimum Gasteiger partial charge on any atom is -0.353 e. The maximum Gasteiger partial charge on any atom is 0.254 e. The standard InChI is InChI=1S/C19H24N4O3S2/c1-14-10-15(2)18(20-12-14)21-5-7-22(8-6-21)19(24)16-11-17(27-13-16)23-4-3-9-28(23,25)26/h10-13H,3-9H2,1-2H3. The fourth-order valence-electron chi connectivity index (χ4n) is 3.80. The number of piperazine rings is 1. The second kappa shape index (κ2) is 7.36. The molecule has 7 nitrogen and oxygen atoms in total. The molecular weight excluding hydrogens is 396 g/mol. The molecule has 1 amide bonds. The third-order valence-corrected chi connectivity index (χ3v) is 8.15. The first kappa shape index (κ1) is 19.2. The molecule has 2 aromatic rings. The fraction of sp³-hybridized carbons (Fsp3) is 0.474. The Morgan fingerprint density at radius 1 is 1.11 bits per heavy atom. The highest BCUT2D eigenvalue weighted by Crippen LogP contribution is 2.31. The number of anilines is 2. The van der Waals surface area contributed by atoms with E-state index < -0.39 is 10.0 Å². The SMILES string of the molecule is Cc1cnc(N2CCN(C(=O)c3csc(N4CCCS4(=O)=O)c3)CC2)c(C)c1. The summed E-state index contributed by atoms with van der Waals surface area (Å²) in [5.41, 5.74) is 2.86. The van der Waals surface area contributed by atoms with Gasteiger partial charge in [-0.15, -0.1) is 11.3 Å². The van der Waals surface area contributed by atoms with Crippen LogP contribution in [-0.4, -0.2) is 62.7 Å². The number of rotatable bonds is 3. The number of aromatic nitrogens is 1. The number of hydrogen-bond donors (Lipinski definition) is 0. The van der Waals surface area contributed by atoms with Crippen LogP contribution in [0.5, 0.6) is 0 Å². The van der Waals surface area contributed by atoms with Crippen LogP contribution in [0, 0.1) is 13.8 Å². The second-order valence-corrected chi connectivity index (χ2v) is 10.3. The molecule has 0 spiro atoms. The van der Waals surface area contributed by atoms with E-state index in [2.05, 4.69) is 22.9 Å². The van der Waals surface area contributed by atoms with Crippen molar-refractivity contribution in [3.63, 3.8) is 0 Å². The lowest BCUT2D eigenvalue weighted by Gasteiger charge is -2.36. The van der Waals surface area contributed by atoms with E-state index >= 15 is 0 Å². The molecule has 0 bridgehead atoms. The summed E-state index contributed by atoms with van der Waals surface area (Å²) in [5, 5.41) is 2.41. The highest BCUT2D eigenvalue weighted by molar-refractivity contribution is 7.93. The first-order valence-electron chi connectivity index (χ1n) is 9.41. The van der Waals surface area contributed by atoms with Crippen LogP contribution in [0.4, 0.5) is 10.8 Å². The zero-order valence-electron chi connectivity index (χ0n) is 16.1. The number of thiophene rings is 1. The summed E-state index contributed by atoms with van der Waals surface area (Å²) < 4.78 is 25.6. The van der Waals surface area contributed by atoms with Gasteiger partial charge in [0.25, 0.3) is 5.91 Å². The average Bonchev–Trinajstić information content (AvgIpc) is 3.27. The molecule has 28 heavy (non-hydrogen) atoms. The quantitative estimate of drug-likeness (QED) is 0.762. The molecule has 0 aromatic carbocycles. The van der Waals surface area contributed by atoms with E-state index in [9.17, 15) is 13.2 Å². The lowest BCUT2D eigenvalue weighted by atomic mass is 10.2. The molecule has 2 aromatic heterocycles. The van der Waals surface area contributed by atoms with Crippen LogP contribution >= 0.6 is 11.3 Å². The lowest BCUT2D eigenvalue weighted by molar-refractivity contribution is 0.0747. The molecule has 0 atom stereocenters. The lowest BCUT2D eigenvalue weighted by Crippen LogP contribution is -2.49. The normalized spacial score (nSPS) is 19.3. The molecule has 4 heterocycles. The number of sulfonamides is 1. The molecule has 2 saturated heterocycles. The maximum absolute atomic E-state index is 12.9. The summed E-state index contributed by atoms with van der Waals surface area (Å²) >= 11 is 1.32. The first-order valence-corrected chi connectivity index (χ1v) is 11.9. The number of amides is 1. The zero-order chi connectivity index (χ0) is 19.9. The Morgan fingerprint density at radius 3 is 2.50 bits per heavy atom. The molecule has 0 saturated carbocycles. The Bertz CT molecular complexity index is 994. The number of carbonyl (C=O) groups is 1. The van der Waals surface area contributed by atoms with Crippen LogP contribution in [-0.2, 0) is 10.0 Å². The van der Waals surface area contributed by atoms with Gasteiger partial charge in [0.05, 0.1) is 11.3 Å². The minimum atomic E-state index is -3.22. The molecule has 0 radical (unpaired) electrons. The Kier molecular flexibility index (Phi) is 5.05. The third-order valence-electron chi connectivity index (χ3n) is 5.23. The van der Waals surface area contributed by atoms with Crippen molar-refractivity contribution in [2.45, 2.75) is 20.3 Å². The van der Waals surface area contributed by atoms with Crippen LogP contribution in [0.3, 0.4) is 0 Å². The van der Waals surface area contributed by atoms with Crippen LogP contribution in [0.1, 0.15) is 27.9 Å². The molecular formula is C19H24N4O3S2. The van der Waals surface area contributed by atoms with Gasteiger partial charge in [-0.2, -0.15) is 0 Å². The molecule has 0 aliphatic carbocycles. The molecule has 9 heteroatoms. The van der Waals surface area contributed by atoms with Gasteiger partial charge >= 0.3 is 0 Å². The number of pyridine rings is 1. The van der Waals surface area contributed by atoms with E-state index in [4.69, 9.17) is 0 Å². The predicted molar refractivity (Wildman–Crippen MR) is 112 cm³/mol. The van der Waals surface area contributed by atoms with Gasteiger partial charge in [-0.05, 0) is 37.5 Å². The van der Waals surface area contributed by atoms with Gasteiger partial charge in [-0.25, -0.2) is 13.4 Å². The van der Waals surface area contributed by atoms with Gasteiger partial charge in [0.15, 0.2) is 0 Å². The third kappa shape index (κ3) is 3.60. The first-order chi connectivity index (χ1) is 13.3. The zero-order valence-corrected chi connectivity index (χ0v) is 17.7. The number of nitrogens with zero attached hydrogens (tertiary/aromatic N) is 4. The molecule has 0 unspecified atom stereocenters. The number of hydrogen-bond acceptors (Lipinski definition) is 6. The largest absolute Gasteiger partial charge is 0.353 e. The van der Waals surface area contributed by atoms with E-state index in [1.807, 2.05) is 18.0 Å². The average molecular weight is 421 g/mol. The summed E-state index contributed by atoms with van der Waals surface area (Å²) in [6, 6.07) is 3.84. The summed E-state index contributed by atoms with van der Waals surface area (Å²) in [7, 11) is -3.22. The minimum absolute atomic E-state index is 0.0349. The van der Waals surface area contributed by atoms with E-state index in [1.165, 1.54) is 15.6 Å².